The van der Waals surface area contributed by atoms with E-state index in [1.807, 2.05) is 0 Å². The smallest absolute Gasteiger partial charge is 0.303 e. The van der Waals surface area contributed by atoms with E-state index in [1.54, 1.807) is 19.1 Å². The van der Waals surface area contributed by atoms with Gasteiger partial charge in [-0.05, 0) is 43.5 Å². The molecular formula is C14H21NO5S. The van der Waals surface area contributed by atoms with Gasteiger partial charge in [-0.25, -0.2) is 13.1 Å². The highest BCUT2D eigenvalue weighted by atomic mass is 32.2. The molecule has 0 aliphatic heterocycles. The van der Waals surface area contributed by atoms with Crippen LogP contribution in [-0.2, 0) is 14.8 Å². The Balaban J connectivity index is 2.50. The van der Waals surface area contributed by atoms with Crippen LogP contribution in [0.2, 0.25) is 0 Å². The van der Waals surface area contributed by atoms with Crippen molar-refractivity contribution in [1.82, 2.24) is 4.72 Å². The summed E-state index contributed by atoms with van der Waals surface area (Å²) in [5, 5.41) is 8.49. The van der Waals surface area contributed by atoms with Gasteiger partial charge in [0, 0.05) is 13.0 Å². The van der Waals surface area contributed by atoms with E-state index in [1.165, 1.54) is 13.2 Å². The molecule has 118 valence electrons. The fourth-order valence-corrected chi connectivity index (χ4v) is 3.04. The molecule has 0 heterocycles. The molecule has 1 rings (SSSR count). The van der Waals surface area contributed by atoms with Crippen molar-refractivity contribution < 1.29 is 23.1 Å². The van der Waals surface area contributed by atoms with Crippen LogP contribution in [0.15, 0.2) is 23.1 Å². The second-order valence-electron chi connectivity index (χ2n) is 4.73. The number of methoxy groups -OCH3 is 1. The first-order valence-corrected chi connectivity index (χ1v) is 8.21. The van der Waals surface area contributed by atoms with Gasteiger partial charge in [-0.2, -0.15) is 0 Å². The Bertz CT molecular complexity index is 583. The third-order valence-corrected chi connectivity index (χ3v) is 4.49. The molecule has 0 saturated heterocycles. The summed E-state index contributed by atoms with van der Waals surface area (Å²) in [6.07, 6.45) is 1.96. The zero-order valence-corrected chi connectivity index (χ0v) is 13.1. The largest absolute Gasteiger partial charge is 0.496 e. The fourth-order valence-electron chi connectivity index (χ4n) is 1.89. The number of nitrogens with one attached hydrogen (secondary N) is 1. The number of benzene rings is 1. The molecule has 6 nitrogen and oxygen atoms in total. The molecule has 0 atom stereocenters. The van der Waals surface area contributed by atoms with Gasteiger partial charge in [0.1, 0.15) is 5.75 Å². The highest BCUT2D eigenvalue weighted by Gasteiger charge is 2.14. The molecule has 1 aromatic rings. The summed E-state index contributed by atoms with van der Waals surface area (Å²) in [5.41, 5.74) is 0.752. The van der Waals surface area contributed by atoms with Crippen LogP contribution in [0.5, 0.6) is 5.75 Å². The van der Waals surface area contributed by atoms with Crippen molar-refractivity contribution in [1.29, 1.82) is 0 Å². The van der Waals surface area contributed by atoms with Gasteiger partial charge in [0.05, 0.1) is 12.0 Å². The van der Waals surface area contributed by atoms with E-state index in [2.05, 4.69) is 4.72 Å². The normalized spacial score (nSPS) is 11.3. The number of carbonyl (C=O) groups is 1. The van der Waals surface area contributed by atoms with Crippen molar-refractivity contribution in [3.8, 4) is 5.75 Å². The van der Waals surface area contributed by atoms with Gasteiger partial charge in [0.2, 0.25) is 10.0 Å². The van der Waals surface area contributed by atoms with E-state index in [0.717, 1.165) is 5.56 Å². The maximum Gasteiger partial charge on any atom is 0.303 e. The zero-order chi connectivity index (χ0) is 15.9. The van der Waals surface area contributed by atoms with Gasteiger partial charge in [0.15, 0.2) is 0 Å². The van der Waals surface area contributed by atoms with Crippen LogP contribution in [0.1, 0.15) is 31.2 Å². The SMILES string of the molecule is COc1ccc(S(=O)(=O)NCCCCCC(=O)O)cc1C. The molecule has 0 aliphatic rings. The number of ether oxygens (including phenoxy) is 1. The minimum atomic E-state index is -3.53. The zero-order valence-electron chi connectivity index (χ0n) is 12.3. The Morgan fingerprint density at radius 1 is 1.29 bits per heavy atom. The minimum Gasteiger partial charge on any atom is -0.496 e. The number of carboxylic acid groups (broad SMARTS) is 1. The summed E-state index contributed by atoms with van der Waals surface area (Å²) in [5.74, 6) is -0.188. The molecule has 0 aliphatic carbocycles. The molecule has 7 heteroatoms. The first kappa shape index (κ1) is 17.5. The topological polar surface area (TPSA) is 92.7 Å². The predicted octanol–water partition coefficient (Wildman–Crippen LogP) is 1.93. The molecule has 1 aromatic carbocycles. The number of aliphatic carboxylic acids is 1. The molecule has 0 saturated carbocycles. The quantitative estimate of drug-likeness (QED) is 0.679. The van der Waals surface area contributed by atoms with Gasteiger partial charge in [-0.3, -0.25) is 4.79 Å². The maximum atomic E-state index is 12.1. The Kier molecular flexibility index (Phi) is 6.64. The minimum absolute atomic E-state index is 0.116. The molecule has 2 N–H and O–H groups in total. The standard InChI is InChI=1S/C14H21NO5S/c1-11-10-12(7-8-13(11)20-2)21(18,19)15-9-5-3-4-6-14(16)17/h7-8,10,15H,3-6,9H2,1-2H3,(H,16,17). The number of hydrogen-bond donors (Lipinski definition) is 2. The van der Waals surface area contributed by atoms with Crippen molar-refractivity contribution in [2.45, 2.75) is 37.5 Å². The first-order chi connectivity index (χ1) is 9.86. The Morgan fingerprint density at radius 2 is 2.00 bits per heavy atom. The molecule has 0 unspecified atom stereocenters. The molecule has 0 aromatic heterocycles. The maximum absolute atomic E-state index is 12.1. The number of rotatable bonds is 9. The lowest BCUT2D eigenvalue weighted by atomic mass is 10.2. The molecule has 21 heavy (non-hydrogen) atoms. The molecule has 0 radical (unpaired) electrons. The van der Waals surface area contributed by atoms with E-state index in [-0.39, 0.29) is 11.3 Å². The fraction of sp³-hybridized carbons (Fsp3) is 0.500. The average molecular weight is 315 g/mol. The second-order valence-corrected chi connectivity index (χ2v) is 6.50. The van der Waals surface area contributed by atoms with Crippen molar-refractivity contribution in [3.63, 3.8) is 0 Å². The van der Waals surface area contributed by atoms with E-state index in [4.69, 9.17) is 9.84 Å². The monoisotopic (exact) mass is 315 g/mol. The number of hydrogen-bond acceptors (Lipinski definition) is 4. The summed E-state index contributed by atoms with van der Waals surface area (Å²) in [7, 11) is -2.00. The van der Waals surface area contributed by atoms with E-state index in [9.17, 15) is 13.2 Å². The average Bonchev–Trinajstić information content (AvgIpc) is 2.42. The first-order valence-electron chi connectivity index (χ1n) is 6.73. The van der Waals surface area contributed by atoms with Crippen LogP contribution in [0.25, 0.3) is 0 Å². The van der Waals surface area contributed by atoms with Gasteiger partial charge >= 0.3 is 5.97 Å². The van der Waals surface area contributed by atoms with E-state index < -0.39 is 16.0 Å². The van der Waals surface area contributed by atoms with E-state index >= 15 is 0 Å². The predicted molar refractivity (Wildman–Crippen MR) is 79.0 cm³/mol. The van der Waals surface area contributed by atoms with Crippen LogP contribution >= 0.6 is 0 Å². The van der Waals surface area contributed by atoms with Crippen molar-refractivity contribution in [3.05, 3.63) is 23.8 Å². The lowest BCUT2D eigenvalue weighted by Gasteiger charge is -2.09. The van der Waals surface area contributed by atoms with Gasteiger partial charge in [-0.15, -0.1) is 0 Å². The second kappa shape index (κ2) is 7.99. The Hall–Kier alpha value is -1.60. The highest BCUT2D eigenvalue weighted by Crippen LogP contribution is 2.21. The number of unbranched alkanes of at least 4 members (excludes halogenated alkanes) is 2. The van der Waals surface area contributed by atoms with Crippen molar-refractivity contribution in [2.75, 3.05) is 13.7 Å². The van der Waals surface area contributed by atoms with Crippen LogP contribution in [0.4, 0.5) is 0 Å². The third kappa shape index (κ3) is 5.73. The van der Waals surface area contributed by atoms with Gasteiger partial charge < -0.3 is 9.84 Å². The van der Waals surface area contributed by atoms with Crippen molar-refractivity contribution >= 4 is 16.0 Å². The number of carboxylic acids is 1. The summed E-state index contributed by atoms with van der Waals surface area (Å²) in [6, 6.07) is 4.68. The Morgan fingerprint density at radius 3 is 2.57 bits per heavy atom. The summed E-state index contributed by atoms with van der Waals surface area (Å²) in [4.78, 5) is 10.5. The van der Waals surface area contributed by atoms with Crippen molar-refractivity contribution in [2.24, 2.45) is 0 Å². The molecule has 0 spiro atoms. The molecule has 0 fully saturated rings. The third-order valence-electron chi connectivity index (χ3n) is 3.04. The number of aryl methyl sites for hydroxylation is 1. The van der Waals surface area contributed by atoms with Crippen LogP contribution in [-0.4, -0.2) is 33.1 Å². The van der Waals surface area contributed by atoms with E-state index in [0.29, 0.717) is 31.6 Å². The highest BCUT2D eigenvalue weighted by molar-refractivity contribution is 7.89. The Labute approximate surface area is 125 Å². The van der Waals surface area contributed by atoms with Gasteiger partial charge in [0.25, 0.3) is 0 Å². The molecule has 0 amide bonds. The summed E-state index contributed by atoms with van der Waals surface area (Å²) >= 11 is 0. The number of sulfonamides is 1. The van der Waals surface area contributed by atoms with Crippen LogP contribution < -0.4 is 9.46 Å². The van der Waals surface area contributed by atoms with Gasteiger partial charge in [-0.1, -0.05) is 6.42 Å². The summed E-state index contributed by atoms with van der Waals surface area (Å²) in [6.45, 7) is 2.08. The lowest BCUT2D eigenvalue weighted by Crippen LogP contribution is -2.24. The van der Waals surface area contributed by atoms with Crippen LogP contribution in [0.3, 0.4) is 0 Å². The molecular weight excluding hydrogens is 294 g/mol. The molecule has 0 bridgehead atoms. The summed E-state index contributed by atoms with van der Waals surface area (Å²) < 4.78 is 31.8. The lowest BCUT2D eigenvalue weighted by molar-refractivity contribution is -0.137. The van der Waals surface area contributed by atoms with Crippen LogP contribution in [0, 0.1) is 6.92 Å².